The first-order chi connectivity index (χ1) is 9.40. The lowest BCUT2D eigenvalue weighted by Gasteiger charge is -1.95. The zero-order valence-corrected chi connectivity index (χ0v) is 10.3. The van der Waals surface area contributed by atoms with Crippen LogP contribution < -0.4 is 0 Å². The number of aromatic nitrogens is 1. The number of hydrogen-bond donors (Lipinski definition) is 1. The number of aromatic amines is 1. The number of carbonyl (C=O) groups excluding carboxylic acids is 1. The standard InChI is InChI=1S/C17H13NO/c19-12-5-1-2-7-13-8-6-10-15-14-9-3-4-11-16(14)18-17(13)15/h1-12,18H. The Morgan fingerprint density at radius 1 is 0.842 bits per heavy atom. The Labute approximate surface area is 111 Å². The number of rotatable bonds is 3. The molecule has 92 valence electrons. The first-order valence-corrected chi connectivity index (χ1v) is 6.18. The second kappa shape index (κ2) is 4.94. The van der Waals surface area contributed by atoms with Crippen molar-refractivity contribution in [3.63, 3.8) is 0 Å². The SMILES string of the molecule is O=CC=CC=Cc1cccc2c1[nH]c1ccccc12. The van der Waals surface area contributed by atoms with Crippen LogP contribution in [0.5, 0.6) is 0 Å². The highest BCUT2D eigenvalue weighted by Crippen LogP contribution is 2.27. The van der Waals surface area contributed by atoms with E-state index in [1.165, 1.54) is 16.8 Å². The average molecular weight is 247 g/mol. The number of hydrogen-bond acceptors (Lipinski definition) is 1. The highest BCUT2D eigenvalue weighted by Gasteiger charge is 2.04. The van der Waals surface area contributed by atoms with E-state index in [4.69, 9.17) is 0 Å². The molecule has 1 heterocycles. The third-order valence-electron chi connectivity index (χ3n) is 3.15. The molecule has 3 rings (SSSR count). The zero-order chi connectivity index (χ0) is 13.1. The summed E-state index contributed by atoms with van der Waals surface area (Å²) in [7, 11) is 0. The third kappa shape index (κ3) is 2.08. The Balaban J connectivity index is 2.18. The van der Waals surface area contributed by atoms with Gasteiger partial charge in [-0.15, -0.1) is 0 Å². The van der Waals surface area contributed by atoms with E-state index in [0.29, 0.717) is 0 Å². The van der Waals surface area contributed by atoms with Crippen molar-refractivity contribution < 1.29 is 4.79 Å². The van der Waals surface area contributed by atoms with Crippen molar-refractivity contribution >= 4 is 34.2 Å². The molecule has 2 nitrogen and oxygen atoms in total. The van der Waals surface area contributed by atoms with Gasteiger partial charge >= 0.3 is 0 Å². The van der Waals surface area contributed by atoms with Gasteiger partial charge in [-0.2, -0.15) is 0 Å². The summed E-state index contributed by atoms with van der Waals surface area (Å²) in [4.78, 5) is 13.7. The molecule has 0 radical (unpaired) electrons. The molecule has 0 saturated heterocycles. The monoisotopic (exact) mass is 247 g/mol. The van der Waals surface area contributed by atoms with Crippen LogP contribution in [0.15, 0.2) is 60.7 Å². The van der Waals surface area contributed by atoms with Crippen molar-refractivity contribution in [1.29, 1.82) is 0 Å². The third-order valence-corrected chi connectivity index (χ3v) is 3.15. The van der Waals surface area contributed by atoms with Gasteiger partial charge in [0, 0.05) is 16.3 Å². The van der Waals surface area contributed by atoms with Crippen LogP contribution in [-0.2, 0) is 4.79 Å². The zero-order valence-electron chi connectivity index (χ0n) is 10.3. The number of carbonyl (C=O) groups is 1. The smallest absolute Gasteiger partial charge is 0.142 e. The van der Waals surface area contributed by atoms with Gasteiger partial charge in [-0.25, -0.2) is 0 Å². The van der Waals surface area contributed by atoms with Crippen molar-refractivity contribution in [3.8, 4) is 0 Å². The summed E-state index contributed by atoms with van der Waals surface area (Å²) in [5.41, 5.74) is 3.38. The fourth-order valence-corrected chi connectivity index (χ4v) is 2.30. The normalized spacial score (nSPS) is 12.0. The minimum absolute atomic E-state index is 0.772. The van der Waals surface area contributed by atoms with Gasteiger partial charge in [-0.05, 0) is 17.7 Å². The van der Waals surface area contributed by atoms with Crippen LogP contribution in [0, 0.1) is 0 Å². The molecule has 0 atom stereocenters. The Bertz CT molecular complexity index is 793. The van der Waals surface area contributed by atoms with E-state index < -0.39 is 0 Å². The van der Waals surface area contributed by atoms with Crippen molar-refractivity contribution in [1.82, 2.24) is 4.98 Å². The Kier molecular flexibility index (Phi) is 2.99. The summed E-state index contributed by atoms with van der Waals surface area (Å²) in [6, 6.07) is 14.5. The number of allylic oxidation sites excluding steroid dienone is 3. The van der Waals surface area contributed by atoms with Gasteiger partial charge in [-0.1, -0.05) is 54.6 Å². The molecule has 3 aromatic rings. The minimum Gasteiger partial charge on any atom is -0.354 e. The molecule has 19 heavy (non-hydrogen) atoms. The van der Waals surface area contributed by atoms with Gasteiger partial charge in [-0.3, -0.25) is 4.79 Å². The molecule has 2 aromatic carbocycles. The predicted octanol–water partition coefficient (Wildman–Crippen LogP) is 4.09. The van der Waals surface area contributed by atoms with E-state index in [9.17, 15) is 4.79 Å². The van der Waals surface area contributed by atoms with Crippen LogP contribution in [0.25, 0.3) is 27.9 Å². The molecular weight excluding hydrogens is 234 g/mol. The molecule has 0 amide bonds. The van der Waals surface area contributed by atoms with E-state index in [1.54, 1.807) is 6.08 Å². The molecule has 0 aliphatic carbocycles. The molecule has 0 aliphatic rings. The van der Waals surface area contributed by atoms with Gasteiger partial charge in [0.05, 0.1) is 5.52 Å². The van der Waals surface area contributed by atoms with E-state index in [-0.39, 0.29) is 0 Å². The van der Waals surface area contributed by atoms with Gasteiger partial charge in [0.1, 0.15) is 6.29 Å². The number of fused-ring (bicyclic) bond motifs is 3. The molecule has 0 aliphatic heterocycles. The summed E-state index contributed by atoms with van der Waals surface area (Å²) >= 11 is 0. The second-order valence-electron chi connectivity index (χ2n) is 4.32. The number of para-hydroxylation sites is 2. The summed E-state index contributed by atoms with van der Waals surface area (Å²) in [6.45, 7) is 0. The quantitative estimate of drug-likeness (QED) is 0.422. The maximum Gasteiger partial charge on any atom is 0.142 e. The van der Waals surface area contributed by atoms with Crippen LogP contribution >= 0.6 is 0 Å². The van der Waals surface area contributed by atoms with Crippen LogP contribution in [0.4, 0.5) is 0 Å². The first kappa shape index (κ1) is 11.5. The molecule has 0 bridgehead atoms. The number of benzene rings is 2. The molecule has 2 heteroatoms. The largest absolute Gasteiger partial charge is 0.354 e. The molecule has 1 aromatic heterocycles. The first-order valence-electron chi connectivity index (χ1n) is 6.18. The molecule has 0 spiro atoms. The maximum atomic E-state index is 10.2. The minimum atomic E-state index is 0.772. The van der Waals surface area contributed by atoms with E-state index in [1.807, 2.05) is 30.4 Å². The lowest BCUT2D eigenvalue weighted by molar-refractivity contribution is -0.104. The highest BCUT2D eigenvalue weighted by atomic mass is 16.1. The fraction of sp³-hybridized carbons (Fsp3) is 0. The maximum absolute atomic E-state index is 10.2. The van der Waals surface area contributed by atoms with Crippen LogP contribution in [0.2, 0.25) is 0 Å². The topological polar surface area (TPSA) is 32.9 Å². The van der Waals surface area contributed by atoms with Gasteiger partial charge in [0.25, 0.3) is 0 Å². The number of nitrogens with one attached hydrogen (secondary N) is 1. The fourth-order valence-electron chi connectivity index (χ4n) is 2.30. The van der Waals surface area contributed by atoms with Gasteiger partial charge in [0.15, 0.2) is 0 Å². The van der Waals surface area contributed by atoms with Crippen molar-refractivity contribution in [2.45, 2.75) is 0 Å². The average Bonchev–Trinajstić information content (AvgIpc) is 2.83. The second-order valence-corrected chi connectivity index (χ2v) is 4.32. The van der Waals surface area contributed by atoms with E-state index >= 15 is 0 Å². The van der Waals surface area contributed by atoms with E-state index in [2.05, 4.69) is 29.2 Å². The van der Waals surface area contributed by atoms with Gasteiger partial charge in [0.2, 0.25) is 0 Å². The lowest BCUT2D eigenvalue weighted by Crippen LogP contribution is -1.75. The summed E-state index contributed by atoms with van der Waals surface area (Å²) in [5.74, 6) is 0. The molecular formula is C17H13NO. The lowest BCUT2D eigenvalue weighted by atomic mass is 10.1. The van der Waals surface area contributed by atoms with Crippen LogP contribution in [0.1, 0.15) is 5.56 Å². The number of H-pyrrole nitrogens is 1. The Morgan fingerprint density at radius 2 is 1.68 bits per heavy atom. The molecule has 0 unspecified atom stereocenters. The molecule has 0 fully saturated rings. The molecule has 0 saturated carbocycles. The van der Waals surface area contributed by atoms with Crippen LogP contribution in [-0.4, -0.2) is 11.3 Å². The van der Waals surface area contributed by atoms with Crippen molar-refractivity contribution in [2.24, 2.45) is 0 Å². The van der Waals surface area contributed by atoms with Gasteiger partial charge < -0.3 is 4.98 Å². The summed E-state index contributed by atoms with van der Waals surface area (Å²) in [5, 5.41) is 2.45. The highest BCUT2D eigenvalue weighted by molar-refractivity contribution is 6.09. The van der Waals surface area contributed by atoms with Crippen molar-refractivity contribution in [2.75, 3.05) is 0 Å². The van der Waals surface area contributed by atoms with Crippen molar-refractivity contribution in [3.05, 3.63) is 66.3 Å². The summed E-state index contributed by atoms with van der Waals surface area (Å²) < 4.78 is 0. The Hall–Kier alpha value is -2.61. The number of aldehydes is 1. The molecule has 1 N–H and O–H groups in total. The predicted molar refractivity (Wildman–Crippen MR) is 80.0 cm³/mol. The van der Waals surface area contributed by atoms with Crippen LogP contribution in [0.3, 0.4) is 0 Å². The Morgan fingerprint density at radius 3 is 2.58 bits per heavy atom. The summed E-state index contributed by atoms with van der Waals surface area (Å²) in [6.07, 6.45) is 7.84. The van der Waals surface area contributed by atoms with E-state index in [0.717, 1.165) is 22.9 Å².